The van der Waals surface area contributed by atoms with Gasteiger partial charge in [-0.25, -0.2) is 0 Å². The van der Waals surface area contributed by atoms with Crippen LogP contribution in [0.1, 0.15) is 32.6 Å². The Morgan fingerprint density at radius 2 is 1.58 bits per heavy atom. The molecule has 0 amide bonds. The monoisotopic (exact) mass is 322 g/mol. The summed E-state index contributed by atoms with van der Waals surface area (Å²) in [4.78, 5) is 17.8. The van der Waals surface area contributed by atoms with Crippen molar-refractivity contribution in [3.63, 3.8) is 0 Å². The number of ketones is 1. The molecule has 3 heteroatoms. The highest BCUT2D eigenvalue weighted by Crippen LogP contribution is 2.19. The van der Waals surface area contributed by atoms with Gasteiger partial charge >= 0.3 is 0 Å². The Bertz CT molecular complexity index is 710. The summed E-state index contributed by atoms with van der Waals surface area (Å²) >= 11 is 0. The highest BCUT2D eigenvalue weighted by Gasteiger charge is 2.18. The van der Waals surface area contributed by atoms with Crippen LogP contribution in [0.5, 0.6) is 0 Å². The van der Waals surface area contributed by atoms with Crippen LogP contribution in [-0.2, 0) is 6.54 Å². The van der Waals surface area contributed by atoms with Gasteiger partial charge in [0.05, 0.1) is 0 Å². The second-order valence-electron chi connectivity index (χ2n) is 6.94. The maximum atomic E-state index is 13.0. The van der Waals surface area contributed by atoms with Crippen molar-refractivity contribution < 1.29 is 4.79 Å². The lowest BCUT2D eigenvalue weighted by molar-refractivity contribution is 0.103. The molecule has 0 unspecified atom stereocenters. The summed E-state index contributed by atoms with van der Waals surface area (Å²) in [5.41, 5.74) is 5.02. The average molecular weight is 322 g/mol. The van der Waals surface area contributed by atoms with Crippen LogP contribution in [0.2, 0.25) is 0 Å². The van der Waals surface area contributed by atoms with E-state index in [-0.39, 0.29) is 5.78 Å². The number of aryl methyl sites for hydroxylation is 2. The highest BCUT2D eigenvalue weighted by molar-refractivity contribution is 6.10. The third-order valence-electron chi connectivity index (χ3n) is 4.74. The Morgan fingerprint density at radius 1 is 0.958 bits per heavy atom. The molecule has 0 saturated carbocycles. The minimum absolute atomic E-state index is 0.131. The minimum Gasteiger partial charge on any atom is -0.304 e. The first-order valence-electron chi connectivity index (χ1n) is 8.65. The average Bonchev–Trinajstić information content (AvgIpc) is 2.56. The molecule has 3 nitrogen and oxygen atoms in total. The van der Waals surface area contributed by atoms with Crippen molar-refractivity contribution in [2.24, 2.45) is 0 Å². The molecule has 1 aliphatic heterocycles. The van der Waals surface area contributed by atoms with E-state index in [1.165, 1.54) is 0 Å². The third-order valence-corrected chi connectivity index (χ3v) is 4.74. The summed E-state index contributed by atoms with van der Waals surface area (Å²) in [6.07, 6.45) is 0. The quantitative estimate of drug-likeness (QED) is 0.807. The first-order chi connectivity index (χ1) is 11.5. The number of hydrogen-bond donors (Lipinski definition) is 0. The molecule has 2 aromatic carbocycles. The van der Waals surface area contributed by atoms with Crippen LogP contribution in [0, 0.1) is 13.8 Å². The van der Waals surface area contributed by atoms with Gasteiger partial charge in [-0.15, -0.1) is 0 Å². The molecule has 126 valence electrons. The molecule has 3 rings (SSSR count). The number of nitrogens with zero attached hydrogens (tertiary/aromatic N) is 2. The summed E-state index contributed by atoms with van der Waals surface area (Å²) in [5, 5.41) is 0. The molecule has 1 aliphatic rings. The van der Waals surface area contributed by atoms with E-state index in [0.29, 0.717) is 0 Å². The molecule has 0 radical (unpaired) electrons. The van der Waals surface area contributed by atoms with Crippen LogP contribution in [0.25, 0.3) is 0 Å². The van der Waals surface area contributed by atoms with Crippen LogP contribution in [0.3, 0.4) is 0 Å². The first kappa shape index (κ1) is 16.9. The zero-order valence-electron chi connectivity index (χ0n) is 14.9. The Labute approximate surface area is 144 Å². The molecular weight excluding hydrogens is 296 g/mol. The predicted molar refractivity (Wildman–Crippen MR) is 98.6 cm³/mol. The van der Waals surface area contributed by atoms with Gasteiger partial charge in [0.2, 0.25) is 0 Å². The molecule has 1 saturated heterocycles. The first-order valence-corrected chi connectivity index (χ1v) is 8.65. The second kappa shape index (κ2) is 7.29. The molecule has 0 aromatic heterocycles. The number of likely N-dealkylation sites (N-methyl/N-ethyl adjacent to an activating group) is 1. The third kappa shape index (κ3) is 3.92. The zero-order chi connectivity index (χ0) is 17.1. The van der Waals surface area contributed by atoms with E-state index >= 15 is 0 Å². The largest absolute Gasteiger partial charge is 0.304 e. The topological polar surface area (TPSA) is 23.6 Å². The standard InChI is InChI=1S/C21H26N2O/c1-16-12-17(2)14-19(13-16)21(24)20-7-5-4-6-18(20)15-23-10-8-22(3)9-11-23/h4-7,12-14H,8-11,15H2,1-3H3. The van der Waals surface area contributed by atoms with E-state index in [4.69, 9.17) is 0 Å². The van der Waals surface area contributed by atoms with E-state index in [9.17, 15) is 4.79 Å². The van der Waals surface area contributed by atoms with Gasteiger partial charge in [0.1, 0.15) is 0 Å². The van der Waals surface area contributed by atoms with Gasteiger partial charge in [-0.3, -0.25) is 9.69 Å². The van der Waals surface area contributed by atoms with Gasteiger partial charge in [-0.1, -0.05) is 41.5 Å². The van der Waals surface area contributed by atoms with Crippen LogP contribution in [0.4, 0.5) is 0 Å². The highest BCUT2D eigenvalue weighted by atomic mass is 16.1. The Morgan fingerprint density at radius 3 is 2.25 bits per heavy atom. The molecule has 1 fully saturated rings. The van der Waals surface area contributed by atoms with Crippen molar-refractivity contribution in [3.05, 3.63) is 70.3 Å². The zero-order valence-corrected chi connectivity index (χ0v) is 14.9. The van der Waals surface area contributed by atoms with Crippen molar-refractivity contribution in [3.8, 4) is 0 Å². The van der Waals surface area contributed by atoms with E-state index in [1.807, 2.05) is 44.2 Å². The van der Waals surface area contributed by atoms with Crippen molar-refractivity contribution in [1.29, 1.82) is 0 Å². The molecule has 0 bridgehead atoms. The van der Waals surface area contributed by atoms with Gasteiger partial charge in [0.25, 0.3) is 0 Å². The lowest BCUT2D eigenvalue weighted by atomic mass is 9.95. The normalized spacial score (nSPS) is 16.3. The van der Waals surface area contributed by atoms with Crippen LogP contribution in [-0.4, -0.2) is 48.8 Å². The summed E-state index contributed by atoms with van der Waals surface area (Å²) in [6, 6.07) is 14.1. The molecule has 2 aromatic rings. The van der Waals surface area contributed by atoms with Crippen LogP contribution >= 0.6 is 0 Å². The SMILES string of the molecule is Cc1cc(C)cc(C(=O)c2ccccc2CN2CCN(C)CC2)c1. The minimum atomic E-state index is 0.131. The molecular formula is C21H26N2O. The van der Waals surface area contributed by atoms with Gasteiger partial charge in [-0.2, -0.15) is 0 Å². The van der Waals surface area contributed by atoms with Crippen molar-refractivity contribution in [1.82, 2.24) is 9.80 Å². The predicted octanol–water partition coefficient (Wildman–Crippen LogP) is 3.28. The van der Waals surface area contributed by atoms with E-state index in [2.05, 4.69) is 29.0 Å². The van der Waals surface area contributed by atoms with E-state index in [1.54, 1.807) is 0 Å². The van der Waals surface area contributed by atoms with Crippen LogP contribution < -0.4 is 0 Å². The number of carbonyl (C=O) groups is 1. The molecule has 0 aliphatic carbocycles. The number of piperazine rings is 1. The van der Waals surface area contributed by atoms with Gasteiger partial charge in [0.15, 0.2) is 5.78 Å². The maximum Gasteiger partial charge on any atom is 0.193 e. The molecule has 0 N–H and O–H groups in total. The summed E-state index contributed by atoms with van der Waals surface area (Å²) < 4.78 is 0. The van der Waals surface area contributed by atoms with Gasteiger partial charge in [-0.05, 0) is 38.6 Å². The van der Waals surface area contributed by atoms with E-state index < -0.39 is 0 Å². The van der Waals surface area contributed by atoms with Gasteiger partial charge in [0, 0.05) is 43.9 Å². The van der Waals surface area contributed by atoms with Crippen LogP contribution in [0.15, 0.2) is 42.5 Å². The molecule has 1 heterocycles. The Balaban J connectivity index is 1.84. The lowest BCUT2D eigenvalue weighted by Crippen LogP contribution is -2.44. The van der Waals surface area contributed by atoms with E-state index in [0.717, 1.165) is 60.5 Å². The Kier molecular flexibility index (Phi) is 5.12. The summed E-state index contributed by atoms with van der Waals surface area (Å²) in [7, 11) is 2.16. The van der Waals surface area contributed by atoms with Crippen molar-refractivity contribution >= 4 is 5.78 Å². The fourth-order valence-electron chi connectivity index (χ4n) is 3.39. The summed E-state index contributed by atoms with van der Waals surface area (Å²) in [5.74, 6) is 0.131. The number of benzene rings is 2. The number of rotatable bonds is 4. The molecule has 0 spiro atoms. The second-order valence-corrected chi connectivity index (χ2v) is 6.94. The van der Waals surface area contributed by atoms with Crippen molar-refractivity contribution in [2.75, 3.05) is 33.2 Å². The molecule has 24 heavy (non-hydrogen) atoms. The number of carbonyl (C=O) groups excluding carboxylic acids is 1. The summed E-state index contributed by atoms with van der Waals surface area (Å²) in [6.45, 7) is 9.23. The van der Waals surface area contributed by atoms with Gasteiger partial charge < -0.3 is 4.90 Å². The fraction of sp³-hybridized carbons (Fsp3) is 0.381. The maximum absolute atomic E-state index is 13.0. The smallest absolute Gasteiger partial charge is 0.193 e. The lowest BCUT2D eigenvalue weighted by Gasteiger charge is -2.32. The molecule has 0 atom stereocenters. The van der Waals surface area contributed by atoms with Crippen molar-refractivity contribution in [2.45, 2.75) is 20.4 Å². The number of hydrogen-bond acceptors (Lipinski definition) is 3. The fourth-order valence-corrected chi connectivity index (χ4v) is 3.39. The Hall–Kier alpha value is -1.97.